The van der Waals surface area contributed by atoms with Crippen LogP contribution >= 0.6 is 0 Å². The second kappa shape index (κ2) is 2.22. The van der Waals surface area contributed by atoms with Crippen LogP contribution in [0, 0.1) is 0 Å². The van der Waals surface area contributed by atoms with Crippen molar-refractivity contribution in [1.29, 1.82) is 0 Å². The molecule has 0 saturated carbocycles. The Morgan fingerprint density at radius 2 is 2.12 bits per heavy atom. The molecule has 0 saturated heterocycles. The van der Waals surface area contributed by atoms with Crippen molar-refractivity contribution >= 4 is 0 Å². The van der Waals surface area contributed by atoms with E-state index in [1.54, 1.807) is 0 Å². The van der Waals surface area contributed by atoms with Crippen molar-refractivity contribution in [3.05, 3.63) is 12.7 Å². The number of hydrogen-bond donors (Lipinski definition) is 1. The van der Waals surface area contributed by atoms with Gasteiger partial charge in [-0.15, -0.1) is 6.58 Å². The van der Waals surface area contributed by atoms with Crippen molar-refractivity contribution in [2.75, 3.05) is 0 Å². The van der Waals surface area contributed by atoms with E-state index in [0.29, 0.717) is 6.92 Å². The fourth-order valence-electron chi connectivity index (χ4n) is 0.207. The summed E-state index contributed by atoms with van der Waals surface area (Å²) in [5.41, 5.74) is 0. The van der Waals surface area contributed by atoms with Crippen molar-refractivity contribution in [3.8, 4) is 0 Å². The molecule has 0 aromatic rings. The Morgan fingerprint density at radius 3 is 2.12 bits per heavy atom. The van der Waals surface area contributed by atoms with Crippen molar-refractivity contribution < 1.29 is 13.9 Å². The van der Waals surface area contributed by atoms with Gasteiger partial charge in [0, 0.05) is 6.92 Å². The highest BCUT2D eigenvalue weighted by Gasteiger charge is 2.29. The lowest BCUT2D eigenvalue weighted by molar-refractivity contribution is -0.0700. The standard InChI is InChI=1S/C5H8F2O/c1-3-4(8)5(2,6)7/h3-4,8H,1H2,2H3. The Labute approximate surface area is 46.6 Å². The van der Waals surface area contributed by atoms with E-state index in [1.807, 2.05) is 0 Å². The monoisotopic (exact) mass is 122 g/mol. The maximum Gasteiger partial charge on any atom is 0.274 e. The fraction of sp³-hybridized carbons (Fsp3) is 0.600. The minimum Gasteiger partial charge on any atom is -0.383 e. The second-order valence-corrected chi connectivity index (χ2v) is 1.64. The molecule has 0 aromatic heterocycles. The normalized spacial score (nSPS) is 15.5. The summed E-state index contributed by atoms with van der Waals surface area (Å²) in [6.07, 6.45) is -0.914. The van der Waals surface area contributed by atoms with E-state index >= 15 is 0 Å². The summed E-state index contributed by atoms with van der Waals surface area (Å²) in [5, 5.41) is 8.33. The average Bonchev–Trinajstić information content (AvgIpc) is 1.62. The van der Waals surface area contributed by atoms with Crippen LogP contribution in [-0.2, 0) is 0 Å². The first-order chi connectivity index (χ1) is 3.48. The molecule has 0 aliphatic rings. The Balaban J connectivity index is 3.80. The molecular formula is C5H8F2O. The molecule has 1 atom stereocenters. The molecule has 0 amide bonds. The molecule has 8 heavy (non-hydrogen) atoms. The van der Waals surface area contributed by atoms with Crippen LogP contribution < -0.4 is 0 Å². The van der Waals surface area contributed by atoms with Crippen LogP contribution in [0.4, 0.5) is 8.78 Å². The van der Waals surface area contributed by atoms with Gasteiger partial charge in [-0.3, -0.25) is 0 Å². The summed E-state index contributed by atoms with van der Waals surface area (Å²) in [7, 11) is 0. The first-order valence-corrected chi connectivity index (χ1v) is 2.17. The van der Waals surface area contributed by atoms with E-state index in [2.05, 4.69) is 6.58 Å². The number of aliphatic hydroxyl groups is 1. The van der Waals surface area contributed by atoms with E-state index in [0.717, 1.165) is 6.08 Å². The zero-order valence-electron chi connectivity index (χ0n) is 4.56. The SMILES string of the molecule is C=CC(O)C(C)(F)F. The highest BCUT2D eigenvalue weighted by Crippen LogP contribution is 2.16. The maximum absolute atomic E-state index is 11.8. The van der Waals surface area contributed by atoms with E-state index in [1.165, 1.54) is 0 Å². The summed E-state index contributed by atoms with van der Waals surface area (Å²) in [6, 6.07) is 0. The maximum atomic E-state index is 11.8. The van der Waals surface area contributed by atoms with Gasteiger partial charge in [0.25, 0.3) is 5.92 Å². The van der Waals surface area contributed by atoms with E-state index in [9.17, 15) is 8.78 Å². The van der Waals surface area contributed by atoms with Gasteiger partial charge in [0.2, 0.25) is 0 Å². The van der Waals surface area contributed by atoms with Crippen molar-refractivity contribution in [2.45, 2.75) is 19.0 Å². The molecule has 1 unspecified atom stereocenters. The number of aliphatic hydroxyl groups excluding tert-OH is 1. The molecule has 3 heteroatoms. The van der Waals surface area contributed by atoms with Crippen LogP contribution in [0.1, 0.15) is 6.92 Å². The Bertz CT molecular complexity index is 84.9. The number of halogens is 2. The molecule has 48 valence electrons. The highest BCUT2D eigenvalue weighted by atomic mass is 19.3. The van der Waals surface area contributed by atoms with Crippen LogP contribution in [0.3, 0.4) is 0 Å². The molecule has 0 aliphatic heterocycles. The van der Waals surface area contributed by atoms with Gasteiger partial charge in [0.1, 0.15) is 6.10 Å². The third kappa shape index (κ3) is 2.02. The molecule has 0 heterocycles. The van der Waals surface area contributed by atoms with Crippen molar-refractivity contribution in [3.63, 3.8) is 0 Å². The van der Waals surface area contributed by atoms with Gasteiger partial charge >= 0.3 is 0 Å². The lowest BCUT2D eigenvalue weighted by atomic mass is 10.2. The molecule has 1 nitrogen and oxygen atoms in total. The van der Waals surface area contributed by atoms with Gasteiger partial charge in [-0.1, -0.05) is 6.08 Å². The Morgan fingerprint density at radius 1 is 1.75 bits per heavy atom. The van der Waals surface area contributed by atoms with Crippen LogP contribution in [-0.4, -0.2) is 17.1 Å². The van der Waals surface area contributed by atoms with E-state index in [-0.39, 0.29) is 0 Å². The summed E-state index contributed by atoms with van der Waals surface area (Å²) >= 11 is 0. The van der Waals surface area contributed by atoms with Gasteiger partial charge in [-0.05, 0) is 0 Å². The summed E-state index contributed by atoms with van der Waals surface area (Å²) in [5.74, 6) is -3.05. The van der Waals surface area contributed by atoms with Crippen LogP contribution in [0.15, 0.2) is 12.7 Å². The highest BCUT2D eigenvalue weighted by molar-refractivity contribution is 4.86. The molecule has 0 spiro atoms. The van der Waals surface area contributed by atoms with E-state index in [4.69, 9.17) is 5.11 Å². The van der Waals surface area contributed by atoms with Gasteiger partial charge < -0.3 is 5.11 Å². The zero-order chi connectivity index (χ0) is 6.78. The molecule has 1 N–H and O–H groups in total. The number of hydrogen-bond acceptors (Lipinski definition) is 1. The Kier molecular flexibility index (Phi) is 2.10. The predicted molar refractivity (Wildman–Crippen MR) is 26.8 cm³/mol. The number of rotatable bonds is 2. The van der Waals surface area contributed by atoms with Crippen LogP contribution in [0.5, 0.6) is 0 Å². The zero-order valence-corrected chi connectivity index (χ0v) is 4.56. The summed E-state index contributed by atoms with van der Waals surface area (Å²) in [6.45, 7) is 3.64. The molecule has 0 aromatic carbocycles. The summed E-state index contributed by atoms with van der Waals surface area (Å²) in [4.78, 5) is 0. The van der Waals surface area contributed by atoms with Gasteiger partial charge in [-0.25, -0.2) is 8.78 Å². The quantitative estimate of drug-likeness (QED) is 0.545. The fourth-order valence-corrected chi connectivity index (χ4v) is 0.207. The molecular weight excluding hydrogens is 114 g/mol. The average molecular weight is 122 g/mol. The molecule has 0 radical (unpaired) electrons. The molecule has 0 rings (SSSR count). The topological polar surface area (TPSA) is 20.2 Å². The minimum atomic E-state index is -3.05. The van der Waals surface area contributed by atoms with Crippen LogP contribution in [0.2, 0.25) is 0 Å². The lowest BCUT2D eigenvalue weighted by Crippen LogP contribution is -2.27. The minimum absolute atomic E-state index is 0.638. The molecule has 0 aliphatic carbocycles. The van der Waals surface area contributed by atoms with Crippen LogP contribution in [0.25, 0.3) is 0 Å². The third-order valence-electron chi connectivity index (χ3n) is 0.743. The molecule has 0 bridgehead atoms. The van der Waals surface area contributed by atoms with Crippen molar-refractivity contribution in [1.82, 2.24) is 0 Å². The van der Waals surface area contributed by atoms with Gasteiger partial charge in [0.05, 0.1) is 0 Å². The van der Waals surface area contributed by atoms with E-state index < -0.39 is 12.0 Å². The third-order valence-corrected chi connectivity index (χ3v) is 0.743. The van der Waals surface area contributed by atoms with Gasteiger partial charge in [-0.2, -0.15) is 0 Å². The molecule has 0 fully saturated rings. The smallest absolute Gasteiger partial charge is 0.274 e. The lowest BCUT2D eigenvalue weighted by Gasteiger charge is -2.12. The Hall–Kier alpha value is -0.440. The first-order valence-electron chi connectivity index (χ1n) is 2.17. The first kappa shape index (κ1) is 7.56. The summed E-state index contributed by atoms with van der Waals surface area (Å²) < 4.78 is 23.6. The second-order valence-electron chi connectivity index (χ2n) is 1.64. The largest absolute Gasteiger partial charge is 0.383 e. The van der Waals surface area contributed by atoms with Gasteiger partial charge in [0.15, 0.2) is 0 Å². The number of alkyl halides is 2. The van der Waals surface area contributed by atoms with Crippen molar-refractivity contribution in [2.24, 2.45) is 0 Å². The predicted octanol–water partition coefficient (Wildman–Crippen LogP) is 1.19.